The highest BCUT2D eigenvalue weighted by Gasteiger charge is 2.19. The third kappa shape index (κ3) is 2.65. The summed E-state index contributed by atoms with van der Waals surface area (Å²) < 4.78 is 1.72. The van der Waals surface area contributed by atoms with E-state index in [9.17, 15) is 4.79 Å². The van der Waals surface area contributed by atoms with E-state index >= 15 is 0 Å². The molecule has 0 aromatic carbocycles. The van der Waals surface area contributed by atoms with Gasteiger partial charge in [0.15, 0.2) is 0 Å². The Hall–Kier alpha value is -1.16. The summed E-state index contributed by atoms with van der Waals surface area (Å²) in [5.74, 6) is 0.803. The summed E-state index contributed by atoms with van der Waals surface area (Å²) in [5.41, 5.74) is 0.849. The summed E-state index contributed by atoms with van der Waals surface area (Å²) in [5, 5.41) is 3.39. The molecular weight excluding hydrogens is 190 g/mol. The summed E-state index contributed by atoms with van der Waals surface area (Å²) in [6, 6.07) is 2.28. The molecule has 0 amide bonds. The fourth-order valence-corrected chi connectivity index (χ4v) is 1.70. The quantitative estimate of drug-likeness (QED) is 0.787. The number of nitrogens with one attached hydrogen (secondary N) is 1. The largest absolute Gasteiger partial charge is 0.312 e. The second-order valence-corrected chi connectivity index (χ2v) is 4.16. The van der Waals surface area contributed by atoms with E-state index in [0.29, 0.717) is 12.6 Å². The van der Waals surface area contributed by atoms with E-state index in [0.717, 1.165) is 18.1 Å². The van der Waals surface area contributed by atoms with Crippen LogP contribution < -0.4 is 10.9 Å². The second-order valence-electron chi connectivity index (χ2n) is 4.16. The van der Waals surface area contributed by atoms with Crippen molar-refractivity contribution in [2.24, 2.45) is 0 Å². The summed E-state index contributed by atoms with van der Waals surface area (Å²) in [7, 11) is 0. The van der Waals surface area contributed by atoms with Crippen LogP contribution in [0.1, 0.15) is 24.4 Å². The first kappa shape index (κ1) is 10.4. The lowest BCUT2D eigenvalue weighted by Gasteiger charge is -2.09. The Morgan fingerprint density at radius 1 is 1.53 bits per heavy atom. The summed E-state index contributed by atoms with van der Waals surface area (Å²) in [6.45, 7) is 5.30. The predicted molar refractivity (Wildman–Crippen MR) is 59.0 cm³/mol. The Morgan fingerprint density at radius 3 is 2.87 bits per heavy atom. The van der Waals surface area contributed by atoms with Crippen molar-refractivity contribution in [2.45, 2.75) is 39.3 Å². The molecule has 0 radical (unpaired) electrons. The van der Waals surface area contributed by atoms with E-state index in [1.165, 1.54) is 12.8 Å². The lowest BCUT2D eigenvalue weighted by Crippen LogP contribution is -2.30. The van der Waals surface area contributed by atoms with Crippen LogP contribution in [0.2, 0.25) is 0 Å². The zero-order valence-electron chi connectivity index (χ0n) is 9.29. The first-order chi connectivity index (χ1) is 7.16. The van der Waals surface area contributed by atoms with Gasteiger partial charge in [-0.1, -0.05) is 0 Å². The molecular formula is C11H17N3O. The van der Waals surface area contributed by atoms with Gasteiger partial charge in [0.1, 0.15) is 5.82 Å². The fourth-order valence-electron chi connectivity index (χ4n) is 1.70. The first-order valence-electron chi connectivity index (χ1n) is 5.45. The molecule has 0 bridgehead atoms. The van der Waals surface area contributed by atoms with Crippen LogP contribution in [0.5, 0.6) is 0 Å². The molecule has 0 unspecified atom stereocenters. The minimum Gasteiger partial charge on any atom is -0.312 e. The zero-order valence-corrected chi connectivity index (χ0v) is 9.29. The highest BCUT2D eigenvalue weighted by Crippen LogP contribution is 2.17. The van der Waals surface area contributed by atoms with Crippen LogP contribution in [0.3, 0.4) is 0 Å². The monoisotopic (exact) mass is 207 g/mol. The smallest absolute Gasteiger partial charge is 0.253 e. The number of nitrogens with zero attached hydrogens (tertiary/aromatic N) is 2. The molecule has 4 heteroatoms. The number of hydrogen-bond donors (Lipinski definition) is 1. The molecule has 1 aromatic heterocycles. The van der Waals surface area contributed by atoms with Gasteiger partial charge in [0.05, 0.1) is 0 Å². The van der Waals surface area contributed by atoms with Crippen LogP contribution in [-0.2, 0) is 6.54 Å². The van der Waals surface area contributed by atoms with Gasteiger partial charge in [-0.05, 0) is 26.7 Å². The number of hydrogen-bond acceptors (Lipinski definition) is 3. The number of aromatic nitrogens is 2. The molecule has 1 heterocycles. The molecule has 1 saturated carbocycles. The van der Waals surface area contributed by atoms with E-state index in [1.807, 2.05) is 13.8 Å². The Balaban J connectivity index is 2.02. The fraction of sp³-hybridized carbons (Fsp3) is 0.636. The summed E-state index contributed by atoms with van der Waals surface area (Å²) in [4.78, 5) is 15.9. The van der Waals surface area contributed by atoms with Gasteiger partial charge < -0.3 is 5.32 Å². The Bertz CT molecular complexity index is 407. The zero-order chi connectivity index (χ0) is 10.8. The van der Waals surface area contributed by atoms with Gasteiger partial charge >= 0.3 is 0 Å². The van der Waals surface area contributed by atoms with Gasteiger partial charge in [-0.2, -0.15) is 0 Å². The van der Waals surface area contributed by atoms with Crippen molar-refractivity contribution in [2.75, 3.05) is 6.54 Å². The van der Waals surface area contributed by atoms with Crippen molar-refractivity contribution in [1.29, 1.82) is 0 Å². The van der Waals surface area contributed by atoms with Crippen molar-refractivity contribution in [1.82, 2.24) is 14.9 Å². The van der Waals surface area contributed by atoms with E-state index in [-0.39, 0.29) is 5.56 Å². The van der Waals surface area contributed by atoms with Crippen LogP contribution in [-0.4, -0.2) is 22.1 Å². The molecule has 1 aliphatic carbocycles. The lowest BCUT2D eigenvalue weighted by molar-refractivity contribution is 0.562. The molecule has 0 atom stereocenters. The molecule has 15 heavy (non-hydrogen) atoms. The normalized spacial score (nSPS) is 15.6. The van der Waals surface area contributed by atoms with Crippen molar-refractivity contribution < 1.29 is 0 Å². The van der Waals surface area contributed by atoms with Gasteiger partial charge in [-0.15, -0.1) is 0 Å². The second kappa shape index (κ2) is 4.14. The molecule has 1 N–H and O–H groups in total. The van der Waals surface area contributed by atoms with Crippen LogP contribution in [0.4, 0.5) is 0 Å². The van der Waals surface area contributed by atoms with Gasteiger partial charge in [0.2, 0.25) is 0 Å². The first-order valence-corrected chi connectivity index (χ1v) is 5.45. The van der Waals surface area contributed by atoms with Crippen molar-refractivity contribution in [3.8, 4) is 0 Å². The highest BCUT2D eigenvalue weighted by atomic mass is 16.1. The third-order valence-corrected chi connectivity index (χ3v) is 2.67. The van der Waals surface area contributed by atoms with Gasteiger partial charge in [0, 0.05) is 30.9 Å². The summed E-state index contributed by atoms with van der Waals surface area (Å²) >= 11 is 0. The molecule has 1 aliphatic rings. The molecule has 1 aromatic rings. The van der Waals surface area contributed by atoms with Gasteiger partial charge in [-0.25, -0.2) is 4.98 Å². The SMILES string of the molecule is Cc1cc(=O)n(CCNC2CC2)c(C)n1. The lowest BCUT2D eigenvalue weighted by atomic mass is 10.4. The van der Waals surface area contributed by atoms with Crippen molar-refractivity contribution >= 4 is 0 Å². The van der Waals surface area contributed by atoms with E-state index in [1.54, 1.807) is 10.6 Å². The van der Waals surface area contributed by atoms with Crippen molar-refractivity contribution in [3.05, 3.63) is 27.9 Å². The van der Waals surface area contributed by atoms with Crippen LogP contribution in [0.15, 0.2) is 10.9 Å². The summed E-state index contributed by atoms with van der Waals surface area (Å²) in [6.07, 6.45) is 2.56. The molecule has 82 valence electrons. The molecule has 4 nitrogen and oxygen atoms in total. The minimum atomic E-state index is 0.0533. The van der Waals surface area contributed by atoms with E-state index < -0.39 is 0 Å². The molecule has 2 rings (SSSR count). The maximum atomic E-state index is 11.6. The minimum absolute atomic E-state index is 0.0533. The molecule has 0 spiro atoms. The average Bonchev–Trinajstić information content (AvgIpc) is 2.93. The van der Waals surface area contributed by atoms with Crippen LogP contribution in [0, 0.1) is 13.8 Å². The number of rotatable bonds is 4. The van der Waals surface area contributed by atoms with Crippen LogP contribution >= 0.6 is 0 Å². The Labute approximate surface area is 89.3 Å². The molecule has 0 aliphatic heterocycles. The number of aryl methyl sites for hydroxylation is 2. The van der Waals surface area contributed by atoms with Gasteiger partial charge in [0.25, 0.3) is 5.56 Å². The predicted octanol–water partition coefficient (Wildman–Crippen LogP) is 0.612. The Kier molecular flexibility index (Phi) is 2.86. The standard InChI is InChI=1S/C11H17N3O/c1-8-7-11(15)14(9(2)13-8)6-5-12-10-3-4-10/h7,10,12H,3-6H2,1-2H3. The maximum Gasteiger partial charge on any atom is 0.253 e. The molecule has 0 saturated heterocycles. The average molecular weight is 207 g/mol. The maximum absolute atomic E-state index is 11.6. The third-order valence-electron chi connectivity index (χ3n) is 2.67. The molecule has 1 fully saturated rings. The Morgan fingerprint density at radius 2 is 2.27 bits per heavy atom. The van der Waals surface area contributed by atoms with Crippen LogP contribution in [0.25, 0.3) is 0 Å². The van der Waals surface area contributed by atoms with Crippen molar-refractivity contribution in [3.63, 3.8) is 0 Å². The van der Waals surface area contributed by atoms with E-state index in [4.69, 9.17) is 0 Å². The van der Waals surface area contributed by atoms with Gasteiger partial charge in [-0.3, -0.25) is 9.36 Å². The topological polar surface area (TPSA) is 46.9 Å². The van der Waals surface area contributed by atoms with E-state index in [2.05, 4.69) is 10.3 Å². The highest BCUT2D eigenvalue weighted by molar-refractivity contribution is 5.01.